The van der Waals surface area contributed by atoms with Crippen LogP contribution < -0.4 is 5.73 Å². The molecule has 0 amide bonds. The second-order valence-corrected chi connectivity index (χ2v) is 5.61. The fourth-order valence-electron chi connectivity index (χ4n) is 2.96. The Kier molecular flexibility index (Phi) is 4.28. The highest BCUT2D eigenvalue weighted by molar-refractivity contribution is 9.10. The Balaban J connectivity index is 2.22. The first-order valence-corrected chi connectivity index (χ1v) is 7.19. The highest BCUT2D eigenvalue weighted by Crippen LogP contribution is 2.35. The Morgan fingerprint density at radius 3 is 2.82 bits per heavy atom. The number of rotatable bonds is 4. The molecule has 4 heteroatoms. The van der Waals surface area contributed by atoms with Gasteiger partial charge < -0.3 is 10.2 Å². The van der Waals surface area contributed by atoms with Gasteiger partial charge >= 0.3 is 0 Å². The van der Waals surface area contributed by atoms with Gasteiger partial charge in [0.2, 0.25) is 0 Å². The summed E-state index contributed by atoms with van der Waals surface area (Å²) in [5.74, 6) is 0.978. The van der Waals surface area contributed by atoms with Crippen molar-refractivity contribution in [3.8, 4) is 0 Å². The highest BCUT2D eigenvalue weighted by Gasteiger charge is 2.36. The van der Waals surface area contributed by atoms with Gasteiger partial charge in [0.25, 0.3) is 0 Å². The predicted molar refractivity (Wildman–Crippen MR) is 72.8 cm³/mol. The third-order valence-electron chi connectivity index (χ3n) is 3.83. The molecule has 3 atom stereocenters. The van der Waals surface area contributed by atoms with Crippen molar-refractivity contribution in [1.29, 1.82) is 0 Å². The van der Waals surface area contributed by atoms with E-state index < -0.39 is 0 Å². The second-order valence-electron chi connectivity index (χ2n) is 4.83. The van der Waals surface area contributed by atoms with Gasteiger partial charge in [-0.25, -0.2) is 0 Å². The van der Waals surface area contributed by atoms with Crippen molar-refractivity contribution in [1.82, 2.24) is 4.90 Å². The molecule has 0 aromatic carbocycles. The number of furan rings is 1. The van der Waals surface area contributed by atoms with E-state index in [1.165, 1.54) is 19.3 Å². The van der Waals surface area contributed by atoms with Gasteiger partial charge in [0, 0.05) is 18.6 Å². The normalized spacial score (nSPS) is 27.5. The van der Waals surface area contributed by atoms with E-state index in [1.807, 2.05) is 12.1 Å². The van der Waals surface area contributed by atoms with Gasteiger partial charge in [-0.15, -0.1) is 0 Å². The number of hydrogen-bond donors (Lipinski definition) is 1. The van der Waals surface area contributed by atoms with Crippen LogP contribution in [-0.4, -0.2) is 23.5 Å². The molecule has 17 heavy (non-hydrogen) atoms. The number of hydrogen-bond acceptors (Lipinski definition) is 3. The summed E-state index contributed by atoms with van der Waals surface area (Å²) in [7, 11) is 0. The van der Waals surface area contributed by atoms with Crippen molar-refractivity contribution in [2.75, 3.05) is 6.54 Å². The van der Waals surface area contributed by atoms with Gasteiger partial charge in [-0.05, 0) is 54.2 Å². The van der Waals surface area contributed by atoms with Crippen molar-refractivity contribution in [3.05, 3.63) is 22.6 Å². The van der Waals surface area contributed by atoms with E-state index in [0.29, 0.717) is 18.6 Å². The Bertz CT molecular complexity index is 366. The van der Waals surface area contributed by atoms with Gasteiger partial charge in [0.15, 0.2) is 4.67 Å². The number of halogens is 1. The van der Waals surface area contributed by atoms with Gasteiger partial charge in [-0.2, -0.15) is 0 Å². The lowest BCUT2D eigenvalue weighted by Gasteiger charge is -2.34. The zero-order valence-electron chi connectivity index (χ0n) is 10.5. The fraction of sp³-hybridized carbons (Fsp3) is 0.692. The summed E-state index contributed by atoms with van der Waals surface area (Å²) >= 11 is 3.36. The lowest BCUT2D eigenvalue weighted by atomic mass is 10.1. The molecule has 0 spiro atoms. The van der Waals surface area contributed by atoms with Crippen LogP contribution in [0.3, 0.4) is 0 Å². The lowest BCUT2D eigenvalue weighted by Crippen LogP contribution is -2.40. The molecule has 1 aromatic rings. The molecule has 1 fully saturated rings. The van der Waals surface area contributed by atoms with Crippen molar-refractivity contribution in [3.63, 3.8) is 0 Å². The molecule has 2 N–H and O–H groups in total. The van der Waals surface area contributed by atoms with Crippen LogP contribution >= 0.6 is 15.9 Å². The van der Waals surface area contributed by atoms with Crippen LogP contribution in [0.2, 0.25) is 0 Å². The van der Waals surface area contributed by atoms with E-state index in [0.717, 1.165) is 10.4 Å². The highest BCUT2D eigenvalue weighted by atomic mass is 79.9. The molecule has 1 aliphatic rings. The van der Waals surface area contributed by atoms with Crippen LogP contribution in [0.15, 0.2) is 21.2 Å². The largest absolute Gasteiger partial charge is 0.453 e. The van der Waals surface area contributed by atoms with Gasteiger partial charge in [0.1, 0.15) is 5.76 Å². The van der Waals surface area contributed by atoms with Crippen molar-refractivity contribution < 1.29 is 4.42 Å². The molecule has 0 radical (unpaired) electrons. The summed E-state index contributed by atoms with van der Waals surface area (Å²) in [5.41, 5.74) is 5.96. The van der Waals surface area contributed by atoms with Gasteiger partial charge in [0.05, 0.1) is 6.04 Å². The molecule has 2 heterocycles. The monoisotopic (exact) mass is 300 g/mol. The zero-order valence-corrected chi connectivity index (χ0v) is 12.1. The van der Waals surface area contributed by atoms with E-state index >= 15 is 0 Å². The molecule has 0 saturated carbocycles. The summed E-state index contributed by atoms with van der Waals surface area (Å²) in [5, 5.41) is 0. The van der Waals surface area contributed by atoms with E-state index in [4.69, 9.17) is 10.2 Å². The van der Waals surface area contributed by atoms with E-state index in [2.05, 4.69) is 34.7 Å². The molecule has 0 bridgehead atoms. The van der Waals surface area contributed by atoms with E-state index in [9.17, 15) is 0 Å². The molecule has 3 nitrogen and oxygen atoms in total. The third kappa shape index (κ3) is 2.59. The minimum atomic E-state index is 0.212. The molecule has 1 saturated heterocycles. The van der Waals surface area contributed by atoms with Crippen molar-refractivity contribution in [2.45, 2.75) is 51.2 Å². The molecule has 1 aliphatic heterocycles. The lowest BCUT2D eigenvalue weighted by molar-refractivity contribution is 0.120. The summed E-state index contributed by atoms with van der Waals surface area (Å²) in [6, 6.07) is 5.42. The minimum absolute atomic E-state index is 0.212. The van der Waals surface area contributed by atoms with Crippen LogP contribution in [-0.2, 0) is 0 Å². The zero-order chi connectivity index (χ0) is 12.4. The maximum atomic E-state index is 5.96. The SMILES string of the molecule is CCC1CCC(C)N1C(CN)c1ccc(Br)o1. The molecule has 0 aliphatic carbocycles. The van der Waals surface area contributed by atoms with Gasteiger partial charge in [-0.3, -0.25) is 4.90 Å². The molecule has 96 valence electrons. The first kappa shape index (κ1) is 13.1. The average molecular weight is 301 g/mol. The average Bonchev–Trinajstić information content (AvgIpc) is 2.89. The Labute approximate surface area is 111 Å². The minimum Gasteiger partial charge on any atom is -0.453 e. The first-order chi connectivity index (χ1) is 8.17. The molecule has 3 unspecified atom stereocenters. The maximum Gasteiger partial charge on any atom is 0.169 e. The van der Waals surface area contributed by atoms with Crippen LogP contribution in [0, 0.1) is 0 Å². The Morgan fingerprint density at radius 1 is 1.53 bits per heavy atom. The molecular formula is C13H21BrN2O. The van der Waals surface area contributed by atoms with Crippen LogP contribution in [0.4, 0.5) is 0 Å². The summed E-state index contributed by atoms with van der Waals surface area (Å²) in [6.07, 6.45) is 3.72. The van der Waals surface area contributed by atoms with E-state index in [-0.39, 0.29) is 6.04 Å². The van der Waals surface area contributed by atoms with Gasteiger partial charge in [-0.1, -0.05) is 6.92 Å². The Morgan fingerprint density at radius 2 is 2.29 bits per heavy atom. The first-order valence-electron chi connectivity index (χ1n) is 6.40. The third-order valence-corrected chi connectivity index (χ3v) is 4.25. The van der Waals surface area contributed by atoms with Crippen molar-refractivity contribution in [2.24, 2.45) is 5.73 Å². The number of likely N-dealkylation sites (tertiary alicyclic amines) is 1. The predicted octanol–water partition coefficient (Wildman–Crippen LogP) is 3.30. The Hall–Kier alpha value is -0.320. The maximum absolute atomic E-state index is 5.96. The smallest absolute Gasteiger partial charge is 0.169 e. The molecular weight excluding hydrogens is 280 g/mol. The number of nitrogens with two attached hydrogens (primary N) is 1. The van der Waals surface area contributed by atoms with Crippen molar-refractivity contribution >= 4 is 15.9 Å². The molecule has 1 aromatic heterocycles. The second kappa shape index (κ2) is 5.55. The standard InChI is InChI=1S/C13H21BrN2O/c1-3-10-5-4-9(2)16(10)11(8-15)12-6-7-13(14)17-12/h6-7,9-11H,3-5,8,15H2,1-2H3. The quantitative estimate of drug-likeness (QED) is 0.928. The topological polar surface area (TPSA) is 42.4 Å². The fourth-order valence-corrected chi connectivity index (χ4v) is 3.28. The van der Waals surface area contributed by atoms with Crippen LogP contribution in [0.5, 0.6) is 0 Å². The number of nitrogens with zero attached hydrogens (tertiary/aromatic N) is 1. The summed E-state index contributed by atoms with van der Waals surface area (Å²) in [4.78, 5) is 2.53. The van der Waals surface area contributed by atoms with Crippen LogP contribution in [0.25, 0.3) is 0 Å². The summed E-state index contributed by atoms with van der Waals surface area (Å²) < 4.78 is 6.47. The van der Waals surface area contributed by atoms with E-state index in [1.54, 1.807) is 0 Å². The summed E-state index contributed by atoms with van der Waals surface area (Å²) in [6.45, 7) is 5.15. The van der Waals surface area contributed by atoms with Crippen LogP contribution in [0.1, 0.15) is 44.9 Å². The molecule has 2 rings (SSSR count).